The minimum Gasteiger partial charge on any atom is -0.299 e. The molecule has 144 valence electrons. The Balaban J connectivity index is 1.68. The molecule has 4 rings (SSSR count). The Morgan fingerprint density at radius 2 is 1.92 bits per heavy atom. The predicted molar refractivity (Wildman–Crippen MR) is 111 cm³/mol. The summed E-state index contributed by atoms with van der Waals surface area (Å²) in [6.45, 7) is 6.64. The summed E-state index contributed by atoms with van der Waals surface area (Å²) < 4.78 is 0. The molecule has 3 fully saturated rings. The lowest BCUT2D eigenvalue weighted by Crippen LogP contribution is -2.52. The highest BCUT2D eigenvalue weighted by Gasteiger charge is 2.61. The Hall–Kier alpha value is -0.220. The van der Waals surface area contributed by atoms with Gasteiger partial charge in [-0.2, -0.15) is 0 Å². The number of rotatable bonds is 4. The zero-order valence-electron chi connectivity index (χ0n) is 16.4. The van der Waals surface area contributed by atoms with Crippen molar-refractivity contribution in [1.29, 1.82) is 0 Å². The van der Waals surface area contributed by atoms with E-state index in [0.29, 0.717) is 29.3 Å². The molecule has 0 heterocycles. The maximum atomic E-state index is 12.9. The molecule has 0 bridgehead atoms. The highest BCUT2D eigenvalue weighted by atomic mass is 33.1. The number of hydrogen-bond acceptors (Lipinski definition) is 4. The van der Waals surface area contributed by atoms with Gasteiger partial charge >= 0.3 is 0 Å². The third kappa shape index (κ3) is 2.77. The maximum absolute atomic E-state index is 12.9. The molecule has 0 N–H and O–H groups in total. The fourth-order valence-electron chi connectivity index (χ4n) is 6.97. The van der Waals surface area contributed by atoms with Crippen LogP contribution in [0.15, 0.2) is 11.6 Å². The molecule has 0 aromatic carbocycles. The summed E-state index contributed by atoms with van der Waals surface area (Å²) in [5.74, 6) is 5.34. The van der Waals surface area contributed by atoms with E-state index in [1.165, 1.54) is 18.4 Å². The average molecular weight is 393 g/mol. The SMILES string of the molecule is CCSSC[C@]12CCC(=O)C=C1CC[C@@H]1[C@@H]2CC[C@]2(C)C(=O)[C@H](C)C[C@@H]12. The van der Waals surface area contributed by atoms with Crippen LogP contribution < -0.4 is 0 Å². The minimum absolute atomic E-state index is 0.0706. The largest absolute Gasteiger partial charge is 0.299 e. The molecule has 4 aliphatic carbocycles. The van der Waals surface area contributed by atoms with Crippen molar-refractivity contribution in [3.8, 4) is 0 Å². The number of hydrogen-bond donors (Lipinski definition) is 0. The van der Waals surface area contributed by atoms with Crippen molar-refractivity contribution >= 4 is 33.2 Å². The number of carbonyl (C=O) groups is 2. The standard InChI is InChI=1S/C22H32O2S2/c1-4-25-26-13-22-10-7-16(23)12-15(22)5-6-17-18(22)8-9-21(3)19(17)11-14(2)20(21)24/h12,14,17-19H,4-11,13H2,1-3H3/t14-,17-,18+,19+,21+,22-/m1/s1. The molecule has 0 spiro atoms. The Morgan fingerprint density at radius 3 is 2.69 bits per heavy atom. The second-order valence-electron chi connectivity index (χ2n) is 9.33. The molecule has 6 atom stereocenters. The lowest BCUT2D eigenvalue weighted by Gasteiger charge is -2.58. The third-order valence-electron chi connectivity index (χ3n) is 8.21. The van der Waals surface area contributed by atoms with Gasteiger partial charge in [0.2, 0.25) is 0 Å². The Kier molecular flexibility index (Phi) is 5.14. The second-order valence-corrected chi connectivity index (χ2v) is 12.1. The monoisotopic (exact) mass is 392 g/mol. The molecule has 0 aromatic rings. The summed E-state index contributed by atoms with van der Waals surface area (Å²) in [7, 11) is 3.98. The zero-order chi connectivity index (χ0) is 18.5. The second kappa shape index (κ2) is 6.99. The molecule has 3 saturated carbocycles. The van der Waals surface area contributed by atoms with Gasteiger partial charge < -0.3 is 0 Å². The number of ketones is 2. The Bertz CT molecular complexity index is 642. The fourth-order valence-corrected chi connectivity index (χ4v) is 9.36. The van der Waals surface area contributed by atoms with Crippen LogP contribution in [0.1, 0.15) is 65.7 Å². The van der Waals surface area contributed by atoms with Crippen LogP contribution in [0.4, 0.5) is 0 Å². The Labute approximate surface area is 166 Å². The van der Waals surface area contributed by atoms with Gasteiger partial charge in [-0.05, 0) is 62.4 Å². The molecule has 2 nitrogen and oxygen atoms in total. The van der Waals surface area contributed by atoms with Gasteiger partial charge in [0.25, 0.3) is 0 Å². The van der Waals surface area contributed by atoms with Gasteiger partial charge in [0.15, 0.2) is 5.78 Å². The first-order chi connectivity index (χ1) is 12.4. The van der Waals surface area contributed by atoms with E-state index in [4.69, 9.17) is 0 Å². The number of Topliss-reactive ketones (excluding diaryl/α,β-unsaturated/α-hetero) is 1. The van der Waals surface area contributed by atoms with Crippen LogP contribution in [-0.2, 0) is 9.59 Å². The third-order valence-corrected chi connectivity index (χ3v) is 10.8. The van der Waals surface area contributed by atoms with Gasteiger partial charge in [-0.15, -0.1) is 0 Å². The summed E-state index contributed by atoms with van der Waals surface area (Å²) in [6.07, 6.45) is 9.41. The summed E-state index contributed by atoms with van der Waals surface area (Å²) in [6, 6.07) is 0. The van der Waals surface area contributed by atoms with Crippen molar-refractivity contribution in [2.75, 3.05) is 11.5 Å². The van der Waals surface area contributed by atoms with Gasteiger partial charge in [0.1, 0.15) is 5.78 Å². The van der Waals surface area contributed by atoms with Gasteiger partial charge in [-0.1, -0.05) is 47.9 Å². The molecular weight excluding hydrogens is 360 g/mol. The summed E-state index contributed by atoms with van der Waals surface area (Å²) >= 11 is 0. The summed E-state index contributed by atoms with van der Waals surface area (Å²) in [5.41, 5.74) is 1.61. The zero-order valence-corrected chi connectivity index (χ0v) is 18.0. The summed E-state index contributed by atoms with van der Waals surface area (Å²) in [5, 5.41) is 0. The molecular formula is C22H32O2S2. The van der Waals surface area contributed by atoms with E-state index in [0.717, 1.165) is 43.6 Å². The molecule has 4 aliphatic rings. The highest BCUT2D eigenvalue weighted by molar-refractivity contribution is 8.76. The molecule has 26 heavy (non-hydrogen) atoms. The lowest BCUT2D eigenvalue weighted by molar-refractivity contribution is -0.134. The predicted octanol–water partition coefficient (Wildman–Crippen LogP) is 5.71. The van der Waals surface area contributed by atoms with Crippen molar-refractivity contribution in [3.63, 3.8) is 0 Å². The van der Waals surface area contributed by atoms with Crippen molar-refractivity contribution in [2.45, 2.75) is 65.7 Å². The van der Waals surface area contributed by atoms with Gasteiger partial charge in [0, 0.05) is 34.7 Å². The van der Waals surface area contributed by atoms with Crippen LogP contribution in [0.25, 0.3) is 0 Å². The van der Waals surface area contributed by atoms with Crippen LogP contribution in [0.3, 0.4) is 0 Å². The van der Waals surface area contributed by atoms with Crippen molar-refractivity contribution < 1.29 is 9.59 Å². The molecule has 0 unspecified atom stereocenters. The lowest BCUT2D eigenvalue weighted by atomic mass is 9.47. The van der Waals surface area contributed by atoms with E-state index in [-0.39, 0.29) is 16.7 Å². The van der Waals surface area contributed by atoms with Crippen molar-refractivity contribution in [3.05, 3.63) is 11.6 Å². The normalized spacial score (nSPS) is 45.0. The molecule has 0 radical (unpaired) electrons. The fraction of sp³-hybridized carbons (Fsp3) is 0.818. The van der Waals surface area contributed by atoms with E-state index in [9.17, 15) is 9.59 Å². The average Bonchev–Trinajstić information content (AvgIpc) is 2.86. The molecule has 4 heteroatoms. The Morgan fingerprint density at radius 1 is 1.12 bits per heavy atom. The van der Waals surface area contributed by atoms with Crippen molar-refractivity contribution in [2.24, 2.45) is 34.5 Å². The smallest absolute Gasteiger partial charge is 0.155 e. The van der Waals surface area contributed by atoms with Crippen LogP contribution in [-0.4, -0.2) is 23.1 Å². The molecule has 0 aliphatic heterocycles. The highest BCUT2D eigenvalue weighted by Crippen LogP contribution is 2.66. The van der Waals surface area contributed by atoms with Crippen molar-refractivity contribution in [1.82, 2.24) is 0 Å². The van der Waals surface area contributed by atoms with Gasteiger partial charge in [0.05, 0.1) is 0 Å². The minimum atomic E-state index is -0.0706. The van der Waals surface area contributed by atoms with Gasteiger partial charge in [-0.25, -0.2) is 0 Å². The summed E-state index contributed by atoms with van der Waals surface area (Å²) in [4.78, 5) is 25.0. The first-order valence-corrected chi connectivity index (χ1v) is 12.9. The van der Waals surface area contributed by atoms with Crippen LogP contribution in [0.5, 0.6) is 0 Å². The maximum Gasteiger partial charge on any atom is 0.155 e. The molecule has 0 aromatic heterocycles. The topological polar surface area (TPSA) is 34.1 Å². The number of allylic oxidation sites excluding steroid dienone is 1. The molecule has 0 amide bonds. The number of fused-ring (bicyclic) bond motifs is 5. The van der Waals surface area contributed by atoms with Crippen LogP contribution >= 0.6 is 21.6 Å². The van der Waals surface area contributed by atoms with E-state index in [1.807, 2.05) is 27.7 Å². The van der Waals surface area contributed by atoms with E-state index in [2.05, 4.69) is 20.8 Å². The quantitative estimate of drug-likeness (QED) is 0.453. The van der Waals surface area contributed by atoms with Gasteiger partial charge in [-0.3, -0.25) is 9.59 Å². The van der Waals surface area contributed by atoms with Crippen LogP contribution in [0.2, 0.25) is 0 Å². The van der Waals surface area contributed by atoms with E-state index in [1.54, 1.807) is 0 Å². The number of carbonyl (C=O) groups excluding carboxylic acids is 2. The van der Waals surface area contributed by atoms with Crippen LogP contribution in [0, 0.1) is 34.5 Å². The first kappa shape index (κ1) is 19.1. The molecule has 0 saturated heterocycles. The van der Waals surface area contributed by atoms with E-state index >= 15 is 0 Å². The van der Waals surface area contributed by atoms with E-state index < -0.39 is 0 Å². The first-order valence-electron chi connectivity index (χ1n) is 10.4.